The molecule has 2 aromatic carbocycles. The first-order valence-corrected chi connectivity index (χ1v) is 6.68. The highest BCUT2D eigenvalue weighted by Gasteiger charge is 2.21. The maximum absolute atomic E-state index is 11.4. The van der Waals surface area contributed by atoms with Gasteiger partial charge in [-0.1, -0.05) is 54.6 Å². The van der Waals surface area contributed by atoms with Gasteiger partial charge in [-0.25, -0.2) is 0 Å². The molecular weight excluding hydrogens is 268 g/mol. The fourth-order valence-corrected chi connectivity index (χ4v) is 2.27. The lowest BCUT2D eigenvalue weighted by Gasteiger charge is -2.13. The van der Waals surface area contributed by atoms with Gasteiger partial charge in [-0.15, -0.1) is 0 Å². The number of benzene rings is 2. The molecule has 4 heteroatoms. The van der Waals surface area contributed by atoms with Crippen molar-refractivity contribution in [2.45, 2.75) is 18.8 Å². The van der Waals surface area contributed by atoms with Crippen LogP contribution in [-0.4, -0.2) is 22.2 Å². The Morgan fingerprint density at radius 2 is 1.57 bits per heavy atom. The third-order valence-corrected chi connectivity index (χ3v) is 3.34. The lowest BCUT2D eigenvalue weighted by molar-refractivity contribution is -0.140. The van der Waals surface area contributed by atoms with E-state index < -0.39 is 17.9 Å². The first-order valence-electron chi connectivity index (χ1n) is 6.68. The van der Waals surface area contributed by atoms with Gasteiger partial charge >= 0.3 is 11.9 Å². The van der Waals surface area contributed by atoms with Crippen LogP contribution < -0.4 is 0 Å². The molecule has 0 saturated carbocycles. The van der Waals surface area contributed by atoms with Crippen LogP contribution in [0.5, 0.6) is 0 Å². The van der Waals surface area contributed by atoms with Crippen LogP contribution in [0.2, 0.25) is 0 Å². The summed E-state index contributed by atoms with van der Waals surface area (Å²) in [5, 5.41) is 18.0. The van der Waals surface area contributed by atoms with Crippen LogP contribution in [0.25, 0.3) is 11.1 Å². The van der Waals surface area contributed by atoms with Gasteiger partial charge in [0.05, 0.1) is 5.92 Å². The van der Waals surface area contributed by atoms with E-state index in [1.807, 2.05) is 42.5 Å². The Hall–Kier alpha value is -2.62. The molecule has 0 saturated heterocycles. The molecule has 0 aliphatic heterocycles. The van der Waals surface area contributed by atoms with E-state index in [-0.39, 0.29) is 12.8 Å². The van der Waals surface area contributed by atoms with Gasteiger partial charge in [0.1, 0.15) is 0 Å². The average molecular weight is 284 g/mol. The number of aliphatic carboxylic acids is 2. The fraction of sp³-hybridized carbons (Fsp3) is 0.176. The van der Waals surface area contributed by atoms with Crippen molar-refractivity contribution in [3.8, 4) is 11.1 Å². The monoisotopic (exact) mass is 284 g/mol. The fourth-order valence-electron chi connectivity index (χ4n) is 2.27. The van der Waals surface area contributed by atoms with Crippen LogP contribution in [0, 0.1) is 0 Å². The van der Waals surface area contributed by atoms with Crippen molar-refractivity contribution in [1.29, 1.82) is 0 Å². The zero-order valence-electron chi connectivity index (χ0n) is 11.4. The third-order valence-electron chi connectivity index (χ3n) is 3.34. The lowest BCUT2D eigenvalue weighted by Crippen LogP contribution is -2.13. The molecule has 0 aliphatic carbocycles. The van der Waals surface area contributed by atoms with E-state index in [4.69, 9.17) is 5.11 Å². The van der Waals surface area contributed by atoms with Crippen molar-refractivity contribution >= 4 is 11.9 Å². The topological polar surface area (TPSA) is 74.6 Å². The van der Waals surface area contributed by atoms with Crippen molar-refractivity contribution in [3.05, 3.63) is 60.2 Å². The highest BCUT2D eigenvalue weighted by Crippen LogP contribution is 2.27. The first-order chi connectivity index (χ1) is 10.1. The highest BCUT2D eigenvalue weighted by atomic mass is 16.4. The number of hydrogen-bond donors (Lipinski definition) is 2. The number of carbonyl (C=O) groups is 2. The van der Waals surface area contributed by atoms with Crippen LogP contribution >= 0.6 is 0 Å². The van der Waals surface area contributed by atoms with E-state index in [9.17, 15) is 14.7 Å². The molecule has 1 unspecified atom stereocenters. The number of carboxylic acids is 2. The molecule has 1 atom stereocenters. The normalized spacial score (nSPS) is 11.8. The molecular formula is C17H16O4. The second kappa shape index (κ2) is 6.70. The van der Waals surface area contributed by atoms with Crippen LogP contribution in [0.1, 0.15) is 24.3 Å². The summed E-state index contributed by atoms with van der Waals surface area (Å²) in [6.45, 7) is 0. The minimum atomic E-state index is -0.999. The van der Waals surface area contributed by atoms with Crippen LogP contribution in [0.15, 0.2) is 54.6 Å². The minimum absolute atomic E-state index is 0.0862. The molecule has 2 aromatic rings. The quantitative estimate of drug-likeness (QED) is 0.852. The smallest absolute Gasteiger partial charge is 0.310 e. The lowest BCUT2D eigenvalue weighted by atomic mass is 9.91. The zero-order valence-corrected chi connectivity index (χ0v) is 11.4. The molecule has 0 amide bonds. The third kappa shape index (κ3) is 3.92. The average Bonchev–Trinajstić information content (AvgIpc) is 2.48. The van der Waals surface area contributed by atoms with E-state index >= 15 is 0 Å². The summed E-state index contributed by atoms with van der Waals surface area (Å²) < 4.78 is 0. The van der Waals surface area contributed by atoms with Gasteiger partial charge in [-0.05, 0) is 23.1 Å². The molecule has 21 heavy (non-hydrogen) atoms. The Balaban J connectivity index is 2.30. The van der Waals surface area contributed by atoms with Crippen molar-refractivity contribution < 1.29 is 19.8 Å². The first kappa shape index (κ1) is 14.8. The van der Waals surface area contributed by atoms with E-state index in [0.29, 0.717) is 5.56 Å². The van der Waals surface area contributed by atoms with Crippen molar-refractivity contribution in [2.24, 2.45) is 0 Å². The van der Waals surface area contributed by atoms with Gasteiger partial charge < -0.3 is 10.2 Å². The Kier molecular flexibility index (Phi) is 4.72. The van der Waals surface area contributed by atoms with Crippen molar-refractivity contribution in [1.82, 2.24) is 0 Å². The summed E-state index contributed by atoms with van der Waals surface area (Å²) in [6.07, 6.45) is -0.0740. The van der Waals surface area contributed by atoms with Gasteiger partial charge in [0.2, 0.25) is 0 Å². The highest BCUT2D eigenvalue weighted by molar-refractivity contribution is 5.78. The van der Waals surface area contributed by atoms with Crippen molar-refractivity contribution in [3.63, 3.8) is 0 Å². The van der Waals surface area contributed by atoms with E-state index in [2.05, 4.69) is 0 Å². The van der Waals surface area contributed by atoms with E-state index in [1.54, 1.807) is 12.1 Å². The summed E-state index contributed by atoms with van der Waals surface area (Å²) >= 11 is 0. The van der Waals surface area contributed by atoms with Gasteiger partial charge in [0.15, 0.2) is 0 Å². The second-order valence-corrected chi connectivity index (χ2v) is 4.81. The molecule has 0 radical (unpaired) electrons. The van der Waals surface area contributed by atoms with E-state index in [0.717, 1.165) is 11.1 Å². The Morgan fingerprint density at radius 3 is 2.19 bits per heavy atom. The largest absolute Gasteiger partial charge is 0.481 e. The molecule has 0 spiro atoms. The van der Waals surface area contributed by atoms with Crippen molar-refractivity contribution in [2.75, 3.05) is 0 Å². The molecule has 0 aromatic heterocycles. The van der Waals surface area contributed by atoms with Crippen LogP contribution in [0.4, 0.5) is 0 Å². The van der Waals surface area contributed by atoms with Gasteiger partial charge in [-0.3, -0.25) is 9.59 Å². The zero-order chi connectivity index (χ0) is 15.2. The summed E-state index contributed by atoms with van der Waals surface area (Å²) in [4.78, 5) is 22.0. The SMILES string of the molecule is O=C(O)CCC(C(=O)O)c1cccc(-c2ccccc2)c1. The Morgan fingerprint density at radius 1 is 0.905 bits per heavy atom. The number of rotatable bonds is 6. The van der Waals surface area contributed by atoms with Gasteiger partial charge in [0.25, 0.3) is 0 Å². The summed E-state index contributed by atoms with van der Waals surface area (Å²) in [5.41, 5.74) is 2.56. The molecule has 0 heterocycles. The molecule has 108 valence electrons. The molecule has 0 bridgehead atoms. The second-order valence-electron chi connectivity index (χ2n) is 4.81. The predicted octanol–water partition coefficient (Wildman–Crippen LogP) is 3.39. The minimum Gasteiger partial charge on any atom is -0.481 e. The molecule has 0 aliphatic rings. The molecule has 2 rings (SSSR count). The summed E-state index contributed by atoms with van der Waals surface area (Å²) in [6, 6.07) is 16.9. The maximum atomic E-state index is 11.4. The number of carboxylic acid groups (broad SMARTS) is 2. The predicted molar refractivity (Wildman–Crippen MR) is 79.1 cm³/mol. The Bertz CT molecular complexity index is 634. The van der Waals surface area contributed by atoms with Gasteiger partial charge in [-0.2, -0.15) is 0 Å². The molecule has 2 N–H and O–H groups in total. The van der Waals surface area contributed by atoms with Crippen LogP contribution in [0.3, 0.4) is 0 Å². The number of hydrogen-bond acceptors (Lipinski definition) is 2. The maximum Gasteiger partial charge on any atom is 0.310 e. The summed E-state index contributed by atoms with van der Waals surface area (Å²) in [5.74, 6) is -2.79. The standard InChI is InChI=1S/C17H16O4/c18-16(19)10-9-15(17(20)21)14-8-4-7-13(11-14)12-5-2-1-3-6-12/h1-8,11,15H,9-10H2,(H,18,19)(H,20,21). The summed E-state index contributed by atoms with van der Waals surface area (Å²) in [7, 11) is 0. The Labute approximate surface area is 122 Å². The van der Waals surface area contributed by atoms with Gasteiger partial charge in [0, 0.05) is 6.42 Å². The molecule has 0 fully saturated rings. The molecule has 4 nitrogen and oxygen atoms in total. The van der Waals surface area contributed by atoms with Crippen LogP contribution in [-0.2, 0) is 9.59 Å². The van der Waals surface area contributed by atoms with E-state index in [1.165, 1.54) is 0 Å².